The first kappa shape index (κ1) is 26.9. The van der Waals surface area contributed by atoms with E-state index in [2.05, 4.69) is 25.3 Å². The number of anilines is 1. The highest BCUT2D eigenvalue weighted by Crippen LogP contribution is 2.68. The van der Waals surface area contributed by atoms with Gasteiger partial charge in [0.25, 0.3) is 0 Å². The Morgan fingerprint density at radius 3 is 2.89 bits per heavy atom. The summed E-state index contributed by atoms with van der Waals surface area (Å²) in [5.41, 5.74) is 5.23. The number of fused-ring (bicyclic) bond motifs is 2. The molecule has 0 spiro atoms. The van der Waals surface area contributed by atoms with Gasteiger partial charge >= 0.3 is 12.8 Å². The highest BCUT2D eigenvalue weighted by Gasteiger charge is 2.68. The summed E-state index contributed by atoms with van der Waals surface area (Å²) >= 11 is 0.639. The maximum absolute atomic E-state index is 13.4. The molecule has 198 valence electrons. The number of hydrogen-bond acceptors (Lipinski definition) is 13. The number of carbonyl (C=O) groups excluding carboxylic acids is 1. The number of aliphatic imine (C=N–C) groups is 1. The summed E-state index contributed by atoms with van der Waals surface area (Å²) in [6, 6.07) is 0. The van der Waals surface area contributed by atoms with E-state index in [-0.39, 0.29) is 5.94 Å². The number of nitrogens with one attached hydrogen (secondary N) is 1. The molecule has 3 aliphatic rings. The normalized spacial score (nSPS) is 35.6. The Kier molecular flexibility index (Phi) is 6.94. The molecule has 15 nitrogen and oxygen atoms in total. The van der Waals surface area contributed by atoms with E-state index in [1.807, 2.05) is 0 Å². The van der Waals surface area contributed by atoms with Crippen molar-refractivity contribution in [3.05, 3.63) is 22.5 Å². The van der Waals surface area contributed by atoms with E-state index in [0.29, 0.717) is 28.7 Å². The molecule has 2 unspecified atom stereocenters. The van der Waals surface area contributed by atoms with Crippen molar-refractivity contribution in [1.29, 1.82) is 0 Å². The smallest absolute Gasteiger partial charge is 0.392 e. The zero-order valence-corrected chi connectivity index (χ0v) is 22.3. The number of esters is 1. The summed E-state index contributed by atoms with van der Waals surface area (Å²) in [7, 11) is 1.49. The third-order valence-corrected chi connectivity index (χ3v) is 9.08. The molecule has 36 heavy (non-hydrogen) atoms. The number of imidazole rings is 1. The molecule has 0 aliphatic carbocycles. The van der Waals surface area contributed by atoms with Crippen LogP contribution in [0.5, 0.6) is 0 Å². The van der Waals surface area contributed by atoms with Crippen LogP contribution in [0.4, 0.5) is 5.82 Å². The average molecular weight is 546 g/mol. The molecule has 17 heteroatoms. The lowest BCUT2D eigenvalue weighted by atomic mass is 9.93. The standard InChI is InChI=1S/C19H28N7O8PS/c1-10-22-12-11(13(23-10)30-6)21-8-26(12)15-18(5,28)14-19(33-15,24-25-20)7-32-35(29,34-14)36-9-31-16(27)17(2,3)4/h8,13-15,28H,7,9H2,1-6H3,(H,22,23)/t13?,14-,15+,18+,19+,35?/m0/s1. The molecule has 4 heterocycles. The molecule has 1 aromatic heterocycles. The van der Waals surface area contributed by atoms with Crippen LogP contribution in [0.3, 0.4) is 0 Å². The number of rotatable bonds is 6. The zero-order chi connectivity index (χ0) is 26.5. The van der Waals surface area contributed by atoms with Crippen LogP contribution in [0.2, 0.25) is 0 Å². The quantitative estimate of drug-likeness (QED) is 0.133. The molecule has 2 fully saturated rings. The number of nitrogens with zero attached hydrogens (tertiary/aromatic N) is 6. The van der Waals surface area contributed by atoms with E-state index < -0.39 is 54.7 Å². The number of aliphatic hydroxyl groups is 1. The Hall–Kier alpha value is -2.16. The molecule has 1 aromatic rings. The van der Waals surface area contributed by atoms with Crippen molar-refractivity contribution in [3.8, 4) is 0 Å². The fraction of sp³-hybridized carbons (Fsp3) is 0.737. The van der Waals surface area contributed by atoms with E-state index >= 15 is 0 Å². The predicted octanol–water partition coefficient (Wildman–Crippen LogP) is 3.46. The number of methoxy groups -OCH3 is 1. The first-order valence-electron chi connectivity index (χ1n) is 10.9. The topological polar surface area (TPSA) is 191 Å². The van der Waals surface area contributed by atoms with Crippen molar-refractivity contribution in [2.45, 2.75) is 64.5 Å². The summed E-state index contributed by atoms with van der Waals surface area (Å²) in [4.78, 5) is 23.5. The van der Waals surface area contributed by atoms with Gasteiger partial charge in [-0.2, -0.15) is 0 Å². The largest absolute Gasteiger partial charge is 0.454 e. The number of ether oxygens (including phenoxy) is 3. The third-order valence-electron chi connectivity index (χ3n) is 5.79. The molecule has 2 N–H and O–H groups in total. The molecule has 6 atom stereocenters. The van der Waals surface area contributed by atoms with Crippen molar-refractivity contribution in [2.24, 2.45) is 15.5 Å². The number of carbonyl (C=O) groups is 1. The second-order valence-electron chi connectivity index (χ2n) is 9.68. The summed E-state index contributed by atoms with van der Waals surface area (Å²) in [5.74, 6) is 0.184. The van der Waals surface area contributed by atoms with E-state index in [1.165, 1.54) is 24.9 Å². The minimum Gasteiger partial charge on any atom is -0.454 e. The van der Waals surface area contributed by atoms with Crippen LogP contribution < -0.4 is 5.32 Å². The molecule has 2 saturated heterocycles. The summed E-state index contributed by atoms with van der Waals surface area (Å²) < 4.78 is 42.6. The van der Waals surface area contributed by atoms with E-state index in [0.717, 1.165) is 0 Å². The average Bonchev–Trinajstić information content (AvgIpc) is 3.29. The molecule has 0 radical (unpaired) electrons. The lowest BCUT2D eigenvalue weighted by Crippen LogP contribution is -2.53. The van der Waals surface area contributed by atoms with Crippen LogP contribution in [-0.4, -0.2) is 63.5 Å². The van der Waals surface area contributed by atoms with Crippen LogP contribution in [0, 0.1) is 5.41 Å². The van der Waals surface area contributed by atoms with Gasteiger partial charge in [-0.3, -0.25) is 18.4 Å². The van der Waals surface area contributed by atoms with E-state index in [4.69, 9.17) is 23.3 Å². The Bertz CT molecular complexity index is 1180. The first-order valence-corrected chi connectivity index (χ1v) is 14.0. The molecule has 0 bridgehead atoms. The number of aromatic nitrogens is 2. The monoisotopic (exact) mass is 545 g/mol. The molecular formula is C19H28N7O8PS. The van der Waals surface area contributed by atoms with Crippen LogP contribution in [0.1, 0.15) is 52.8 Å². The fourth-order valence-electron chi connectivity index (χ4n) is 4.01. The Morgan fingerprint density at radius 2 is 2.25 bits per heavy atom. The second-order valence-corrected chi connectivity index (χ2v) is 13.7. The van der Waals surface area contributed by atoms with Crippen molar-refractivity contribution < 1.29 is 37.7 Å². The third kappa shape index (κ3) is 4.63. The van der Waals surface area contributed by atoms with Gasteiger partial charge in [-0.1, -0.05) is 5.11 Å². The van der Waals surface area contributed by atoms with Gasteiger partial charge in [-0.15, -0.1) is 0 Å². The Balaban J connectivity index is 1.61. The fourth-order valence-corrected chi connectivity index (χ4v) is 6.84. The molecule has 0 saturated carbocycles. The van der Waals surface area contributed by atoms with Gasteiger partial charge in [0.15, 0.2) is 12.5 Å². The zero-order valence-electron chi connectivity index (χ0n) is 20.6. The van der Waals surface area contributed by atoms with Crippen molar-refractivity contribution in [3.63, 3.8) is 0 Å². The molecule has 0 amide bonds. The Morgan fingerprint density at radius 1 is 1.53 bits per heavy atom. The number of azide groups is 1. The minimum absolute atomic E-state index is 0.309. The molecule has 0 aromatic carbocycles. The van der Waals surface area contributed by atoms with Crippen LogP contribution in [0.25, 0.3) is 10.4 Å². The van der Waals surface area contributed by atoms with Crippen LogP contribution >= 0.6 is 18.2 Å². The van der Waals surface area contributed by atoms with Gasteiger partial charge in [0.05, 0.1) is 18.3 Å². The van der Waals surface area contributed by atoms with Gasteiger partial charge in [0, 0.05) is 23.4 Å². The lowest BCUT2D eigenvalue weighted by Gasteiger charge is -2.39. The second kappa shape index (κ2) is 9.30. The predicted molar refractivity (Wildman–Crippen MR) is 128 cm³/mol. The molecule has 4 rings (SSSR count). The highest BCUT2D eigenvalue weighted by atomic mass is 32.7. The van der Waals surface area contributed by atoms with Gasteiger partial charge < -0.3 is 24.6 Å². The first-order chi connectivity index (χ1) is 16.8. The van der Waals surface area contributed by atoms with Crippen molar-refractivity contribution in [2.75, 3.05) is 25.0 Å². The minimum atomic E-state index is -3.95. The maximum Gasteiger partial charge on any atom is 0.392 e. The van der Waals surface area contributed by atoms with Gasteiger partial charge in [0.2, 0.25) is 5.72 Å². The summed E-state index contributed by atoms with van der Waals surface area (Å²) in [6.07, 6.45) is -1.85. The van der Waals surface area contributed by atoms with Gasteiger partial charge in [-0.25, -0.2) is 14.5 Å². The van der Waals surface area contributed by atoms with Crippen molar-refractivity contribution in [1.82, 2.24) is 9.55 Å². The maximum atomic E-state index is 13.4. The number of amidine groups is 1. The molecule has 3 aliphatic heterocycles. The highest BCUT2D eigenvalue weighted by molar-refractivity contribution is 8.55. The summed E-state index contributed by atoms with van der Waals surface area (Å²) in [6.45, 7) is 3.76. The van der Waals surface area contributed by atoms with E-state index in [1.54, 1.807) is 27.7 Å². The SMILES string of the molecule is COC1N=C(C)Nc2c1ncn2[C@@H]1O[C@]2(N=[N+]=[N-])COP(=O)(SCOC(=O)C(C)(C)C)O[C@H]2[C@@]1(C)O. The van der Waals surface area contributed by atoms with Crippen LogP contribution in [-0.2, 0) is 32.6 Å². The van der Waals surface area contributed by atoms with Gasteiger partial charge in [0.1, 0.15) is 35.0 Å². The Labute approximate surface area is 210 Å². The van der Waals surface area contributed by atoms with Crippen LogP contribution in [0.15, 0.2) is 16.4 Å². The van der Waals surface area contributed by atoms with E-state index in [9.17, 15) is 20.0 Å². The number of hydrogen-bond donors (Lipinski definition) is 2. The van der Waals surface area contributed by atoms with Crippen molar-refractivity contribution >= 4 is 35.8 Å². The lowest BCUT2D eigenvalue weighted by molar-refractivity contribution is -0.150. The molecular weight excluding hydrogens is 517 g/mol. The summed E-state index contributed by atoms with van der Waals surface area (Å²) in [5, 5.41) is 18.4. The van der Waals surface area contributed by atoms with Gasteiger partial charge in [-0.05, 0) is 40.1 Å².